The summed E-state index contributed by atoms with van der Waals surface area (Å²) in [5, 5.41) is 11.3. The fourth-order valence-electron chi connectivity index (χ4n) is 1.68. The Morgan fingerprint density at radius 1 is 0.821 bits per heavy atom. The average Bonchev–Trinajstić information content (AvgIpc) is 2.64. The maximum absolute atomic E-state index is 11.3. The molecule has 0 radical (unpaired) electrons. The molecule has 0 saturated heterocycles. The molecule has 0 atom stereocenters. The molecule has 0 bridgehead atoms. The largest absolute Gasteiger partial charge is 1.00 e. The van der Waals surface area contributed by atoms with E-state index in [4.69, 9.17) is 0 Å². The van der Waals surface area contributed by atoms with Crippen LogP contribution in [0, 0.1) is 13.8 Å². The zero-order chi connectivity index (χ0) is 19.9. The topological polar surface area (TPSA) is 40.1 Å². The summed E-state index contributed by atoms with van der Waals surface area (Å²) in [6.45, 7) is 6.97. The van der Waals surface area contributed by atoms with Crippen LogP contribution in [0.15, 0.2) is 105 Å². The Balaban J connectivity index is 0.00000729. The summed E-state index contributed by atoms with van der Waals surface area (Å²) in [4.78, 5) is 11.3. The quantitative estimate of drug-likeness (QED) is 0.454. The molecule has 0 aromatic heterocycles. The van der Waals surface area contributed by atoms with Crippen LogP contribution in [0.2, 0.25) is 0 Å². The Kier molecular flexibility index (Phi) is 14.0. The van der Waals surface area contributed by atoms with Gasteiger partial charge in [0.05, 0.1) is 11.5 Å². The van der Waals surface area contributed by atoms with Crippen molar-refractivity contribution in [2.45, 2.75) is 13.8 Å². The molecule has 28 heavy (non-hydrogen) atoms. The molecular formula is C25H11CsO2. The van der Waals surface area contributed by atoms with E-state index in [1.54, 1.807) is 13.0 Å². The van der Waals surface area contributed by atoms with E-state index in [2.05, 4.69) is 86.8 Å². The molecule has 0 unspecified atom stereocenters. The van der Waals surface area contributed by atoms with E-state index in [9.17, 15) is 9.90 Å². The summed E-state index contributed by atoms with van der Waals surface area (Å²) in [5.41, 5.74) is 36.6. The van der Waals surface area contributed by atoms with Gasteiger partial charge in [-0.2, -0.15) is 0 Å². The Morgan fingerprint density at radius 2 is 1.29 bits per heavy atom. The second kappa shape index (κ2) is 15.5. The van der Waals surface area contributed by atoms with Gasteiger partial charge in [-0.25, -0.2) is 0 Å². The molecule has 0 amide bonds. The predicted octanol–water partition coefficient (Wildman–Crippen LogP) is 0.242. The second-order valence-electron chi connectivity index (χ2n) is 4.78. The van der Waals surface area contributed by atoms with Crippen molar-refractivity contribution < 1.29 is 78.8 Å². The standard InChI is InChI=1S/C25H12O2.Cs/c1-4-5-6-7-8-9-10-11-12-13-14-15-16-17-23(25(26)27)24-20-21(2)18-19-22(24)3;/h18-20H,1H2,2-3H3,(H,26,27);/q;+1/p-1. The van der Waals surface area contributed by atoms with E-state index in [1.807, 2.05) is 19.1 Å². The number of benzene rings is 1. The van der Waals surface area contributed by atoms with Crippen molar-refractivity contribution in [2.75, 3.05) is 0 Å². The van der Waals surface area contributed by atoms with Crippen LogP contribution in [-0.4, -0.2) is 5.97 Å². The van der Waals surface area contributed by atoms with Gasteiger partial charge in [-0.3, -0.25) is 0 Å². The zero-order valence-electron chi connectivity index (χ0n) is 15.8. The number of aliphatic carboxylic acids is 1. The van der Waals surface area contributed by atoms with Crippen molar-refractivity contribution in [2.24, 2.45) is 0 Å². The third-order valence-electron chi connectivity index (χ3n) is 2.83. The molecule has 124 valence electrons. The van der Waals surface area contributed by atoms with Crippen LogP contribution in [0.3, 0.4) is 0 Å². The SMILES string of the molecule is C=C=C=C=C=C=C=C=C=C=C=C=C=C=C=C(C(=O)[O-])c1cc(C)ccc1C.[Cs+]. The van der Waals surface area contributed by atoms with Crippen molar-refractivity contribution in [3.63, 3.8) is 0 Å². The van der Waals surface area contributed by atoms with Crippen LogP contribution in [0.4, 0.5) is 0 Å². The molecule has 0 aliphatic rings. The molecular weight excluding hydrogens is 465 g/mol. The predicted molar refractivity (Wildman–Crippen MR) is 99.1 cm³/mol. The van der Waals surface area contributed by atoms with E-state index in [0.29, 0.717) is 5.56 Å². The fourth-order valence-corrected chi connectivity index (χ4v) is 1.68. The third-order valence-corrected chi connectivity index (χ3v) is 2.83. The molecule has 0 heterocycles. The number of carboxylic acid groups (broad SMARTS) is 1. The summed E-state index contributed by atoms with van der Waals surface area (Å²) in [5.74, 6) is -1.35. The van der Waals surface area contributed by atoms with Gasteiger partial charge in [0.15, 0.2) is 0 Å². The van der Waals surface area contributed by atoms with Gasteiger partial charge in [0.2, 0.25) is 0 Å². The van der Waals surface area contributed by atoms with Crippen LogP contribution in [0.1, 0.15) is 16.7 Å². The molecule has 0 aliphatic heterocycles. The molecule has 0 saturated carbocycles. The van der Waals surface area contributed by atoms with Crippen LogP contribution in [0.5, 0.6) is 0 Å². The Labute approximate surface area is 222 Å². The molecule has 0 aliphatic carbocycles. The van der Waals surface area contributed by atoms with Crippen molar-refractivity contribution in [1.29, 1.82) is 0 Å². The first-order chi connectivity index (χ1) is 13.1. The van der Waals surface area contributed by atoms with Crippen LogP contribution < -0.4 is 74.0 Å². The number of carbonyl (C=O) groups excluding carboxylic acids is 1. The average molecular weight is 476 g/mol. The molecule has 1 rings (SSSR count). The maximum atomic E-state index is 11.3. The molecule has 0 fully saturated rings. The first kappa shape index (κ1) is 25.4. The van der Waals surface area contributed by atoms with Crippen molar-refractivity contribution in [3.8, 4) is 0 Å². The van der Waals surface area contributed by atoms with E-state index in [0.717, 1.165) is 11.1 Å². The summed E-state index contributed by atoms with van der Waals surface area (Å²) in [6, 6.07) is 5.46. The first-order valence-electron chi connectivity index (χ1n) is 7.50. The normalized spacial score (nSPS) is 6.50. The van der Waals surface area contributed by atoms with E-state index < -0.39 is 5.97 Å². The van der Waals surface area contributed by atoms with Crippen LogP contribution >= 0.6 is 0 Å². The van der Waals surface area contributed by atoms with Gasteiger partial charge in [-0.05, 0) is 100 Å². The minimum absolute atomic E-state index is 0. The van der Waals surface area contributed by atoms with Gasteiger partial charge in [-0.15, -0.1) is 0 Å². The minimum atomic E-state index is -1.35. The van der Waals surface area contributed by atoms with Gasteiger partial charge < -0.3 is 9.90 Å². The number of carboxylic acids is 1. The van der Waals surface area contributed by atoms with E-state index in [1.165, 1.54) is 0 Å². The van der Waals surface area contributed by atoms with Crippen molar-refractivity contribution in [1.82, 2.24) is 0 Å². The summed E-state index contributed by atoms with van der Waals surface area (Å²) < 4.78 is 0. The van der Waals surface area contributed by atoms with Crippen molar-refractivity contribution >= 4 is 11.5 Å². The molecule has 2 nitrogen and oxygen atoms in total. The molecule has 1 aromatic carbocycles. The number of hydrogen-bond donors (Lipinski definition) is 0. The monoisotopic (exact) mass is 476 g/mol. The Bertz CT molecular complexity index is 1320. The number of rotatable bonds is 2. The first-order valence-corrected chi connectivity index (χ1v) is 7.50. The fraction of sp³-hybridized carbons (Fsp3) is 0.0800. The number of hydrogen-bond acceptors (Lipinski definition) is 2. The van der Waals surface area contributed by atoms with Gasteiger partial charge in [0.25, 0.3) is 0 Å². The molecule has 0 spiro atoms. The van der Waals surface area contributed by atoms with Gasteiger partial charge >= 0.3 is 68.9 Å². The third kappa shape index (κ3) is 10.5. The Hall–Kier alpha value is -2.60. The zero-order valence-corrected chi connectivity index (χ0v) is 22.0. The molecule has 3 heteroatoms. The smallest absolute Gasteiger partial charge is 0.544 e. The minimum Gasteiger partial charge on any atom is -0.544 e. The molecule has 0 N–H and O–H groups in total. The second-order valence-corrected chi connectivity index (χ2v) is 4.78. The van der Waals surface area contributed by atoms with Gasteiger partial charge in [-0.1, -0.05) is 35.2 Å². The van der Waals surface area contributed by atoms with Gasteiger partial charge in [0, 0.05) is 0 Å². The number of carbonyl (C=O) groups is 1. The summed E-state index contributed by atoms with van der Waals surface area (Å²) in [6.07, 6.45) is 0. The summed E-state index contributed by atoms with van der Waals surface area (Å²) in [7, 11) is 0. The van der Waals surface area contributed by atoms with Crippen LogP contribution in [0.25, 0.3) is 5.57 Å². The Morgan fingerprint density at radius 3 is 1.75 bits per heavy atom. The molecule has 1 aromatic rings. The van der Waals surface area contributed by atoms with E-state index in [-0.39, 0.29) is 74.5 Å². The van der Waals surface area contributed by atoms with Crippen LogP contribution in [-0.2, 0) is 4.79 Å². The van der Waals surface area contributed by atoms with Crippen molar-refractivity contribution in [3.05, 3.63) is 122 Å². The van der Waals surface area contributed by atoms with Gasteiger partial charge in [0.1, 0.15) is 0 Å². The van der Waals surface area contributed by atoms with E-state index >= 15 is 0 Å². The summed E-state index contributed by atoms with van der Waals surface area (Å²) >= 11 is 0. The maximum Gasteiger partial charge on any atom is 1.00 e. The number of aryl methyl sites for hydroxylation is 2.